The van der Waals surface area contributed by atoms with E-state index in [-0.39, 0.29) is 5.91 Å². The first-order valence-electron chi connectivity index (χ1n) is 11.3. The highest BCUT2D eigenvalue weighted by Gasteiger charge is 2.61. The number of nitriles is 1. The van der Waals surface area contributed by atoms with E-state index in [1.54, 1.807) is 17.2 Å². The largest absolute Gasteiger partial charge is 0.273 e. The maximum atomic E-state index is 13.9. The third-order valence-electron chi connectivity index (χ3n) is 6.81. The number of carbonyl (C=O) groups excluding carboxylic acids is 2. The van der Waals surface area contributed by atoms with Crippen molar-refractivity contribution in [2.45, 2.75) is 37.8 Å². The fourth-order valence-corrected chi connectivity index (χ4v) is 6.72. The van der Waals surface area contributed by atoms with Crippen LogP contribution in [0.15, 0.2) is 54.6 Å². The van der Waals surface area contributed by atoms with E-state index in [0.29, 0.717) is 21.3 Å². The van der Waals surface area contributed by atoms with Crippen molar-refractivity contribution in [3.8, 4) is 6.07 Å². The molecule has 3 heterocycles. The number of aryl methyl sites for hydroxylation is 1. The van der Waals surface area contributed by atoms with Gasteiger partial charge < -0.3 is 0 Å². The normalized spacial score (nSPS) is 23.7. The number of hydroxylamine groups is 1. The Kier molecular flexibility index (Phi) is 5.18. The number of thiophene rings is 1. The molecule has 0 N–H and O–H groups in total. The number of imide groups is 1. The summed E-state index contributed by atoms with van der Waals surface area (Å²) >= 11 is 7.48. The van der Waals surface area contributed by atoms with Gasteiger partial charge in [0.15, 0.2) is 6.10 Å². The molecule has 2 aliphatic heterocycles. The molecule has 0 bridgehead atoms. The number of benzene rings is 2. The van der Waals surface area contributed by atoms with Crippen LogP contribution in [0.3, 0.4) is 0 Å². The average Bonchev–Trinajstić information content (AvgIpc) is 3.50. The molecule has 3 atom stereocenters. The minimum Gasteiger partial charge on any atom is -0.273 e. The molecule has 170 valence electrons. The maximum Gasteiger partial charge on any atom is 0.267 e. The highest BCUT2D eigenvalue weighted by molar-refractivity contribution is 7.17. The lowest BCUT2D eigenvalue weighted by molar-refractivity contribution is -0.126. The van der Waals surface area contributed by atoms with E-state index >= 15 is 0 Å². The summed E-state index contributed by atoms with van der Waals surface area (Å²) in [6.45, 7) is 0. The standard InChI is InChI=1S/C26H20ClN3O3S/c27-16-10-12-17(13-11-16)30-22(15-6-2-1-3-7-15)21-23(33-30)25(32)29(24(21)31)26-19(14-28)18-8-4-5-9-20(18)34-26/h1-3,6-7,10-13,21-23H,4-5,8-9H2/t21-,22+,23-/m0/s1. The molecular formula is C26H20ClN3O3S. The van der Waals surface area contributed by atoms with Gasteiger partial charge in [0.1, 0.15) is 17.0 Å². The molecule has 8 heteroatoms. The molecule has 0 unspecified atom stereocenters. The summed E-state index contributed by atoms with van der Waals surface area (Å²) in [5.41, 5.74) is 3.05. The molecule has 0 spiro atoms. The minimum absolute atomic E-state index is 0.324. The van der Waals surface area contributed by atoms with Crippen LogP contribution >= 0.6 is 22.9 Å². The van der Waals surface area contributed by atoms with Crippen molar-refractivity contribution in [3.05, 3.63) is 81.2 Å². The smallest absolute Gasteiger partial charge is 0.267 e. The second-order valence-corrected chi connectivity index (χ2v) is 10.2. The lowest BCUT2D eigenvalue weighted by Gasteiger charge is -2.28. The first-order chi connectivity index (χ1) is 16.6. The van der Waals surface area contributed by atoms with Crippen LogP contribution in [-0.2, 0) is 27.3 Å². The summed E-state index contributed by atoms with van der Waals surface area (Å²) in [5.74, 6) is -1.46. The number of rotatable bonds is 3. The van der Waals surface area contributed by atoms with E-state index in [0.717, 1.165) is 41.7 Å². The molecule has 3 aromatic rings. The second-order valence-electron chi connectivity index (χ2n) is 8.72. The van der Waals surface area contributed by atoms with Crippen molar-refractivity contribution in [2.75, 3.05) is 9.96 Å². The highest BCUT2D eigenvalue weighted by Crippen LogP contribution is 2.50. The summed E-state index contributed by atoms with van der Waals surface area (Å²) in [6.07, 6.45) is 2.80. The fraction of sp³-hybridized carbons (Fsp3) is 0.269. The fourth-order valence-electron chi connectivity index (χ4n) is 5.24. The van der Waals surface area contributed by atoms with Crippen LogP contribution in [0, 0.1) is 17.2 Å². The number of hydrogen-bond acceptors (Lipinski definition) is 6. The van der Waals surface area contributed by atoms with Crippen LogP contribution in [0.4, 0.5) is 10.7 Å². The second kappa shape index (κ2) is 8.24. The molecule has 2 aromatic carbocycles. The molecule has 1 aliphatic carbocycles. The Balaban J connectivity index is 1.43. The van der Waals surface area contributed by atoms with Gasteiger partial charge >= 0.3 is 0 Å². The van der Waals surface area contributed by atoms with Gasteiger partial charge in [-0.3, -0.25) is 14.4 Å². The van der Waals surface area contributed by atoms with E-state index in [2.05, 4.69) is 6.07 Å². The Bertz CT molecular complexity index is 1330. The number of halogens is 1. The minimum atomic E-state index is -0.959. The van der Waals surface area contributed by atoms with Crippen molar-refractivity contribution in [2.24, 2.45) is 5.92 Å². The first kappa shape index (κ1) is 21.4. The number of hydrogen-bond donors (Lipinski definition) is 0. The van der Waals surface area contributed by atoms with Crippen molar-refractivity contribution >= 4 is 45.4 Å². The van der Waals surface area contributed by atoms with Crippen LogP contribution in [0.5, 0.6) is 0 Å². The van der Waals surface area contributed by atoms with Gasteiger partial charge in [-0.05, 0) is 61.1 Å². The maximum absolute atomic E-state index is 13.9. The lowest BCUT2D eigenvalue weighted by atomic mass is 9.90. The van der Waals surface area contributed by atoms with Gasteiger partial charge in [0.25, 0.3) is 5.91 Å². The van der Waals surface area contributed by atoms with E-state index < -0.39 is 24.0 Å². The molecule has 0 radical (unpaired) electrons. The zero-order chi connectivity index (χ0) is 23.4. The number of fused-ring (bicyclic) bond motifs is 2. The lowest BCUT2D eigenvalue weighted by Crippen LogP contribution is -2.37. The number of amides is 2. The third kappa shape index (κ3) is 3.17. The van der Waals surface area contributed by atoms with Crippen LogP contribution < -0.4 is 9.96 Å². The highest BCUT2D eigenvalue weighted by atomic mass is 35.5. The molecule has 34 heavy (non-hydrogen) atoms. The van der Waals surface area contributed by atoms with Gasteiger partial charge in [-0.2, -0.15) is 5.26 Å². The molecule has 1 aromatic heterocycles. The summed E-state index contributed by atoms with van der Waals surface area (Å²) in [7, 11) is 0. The third-order valence-corrected chi connectivity index (χ3v) is 8.33. The van der Waals surface area contributed by atoms with Crippen LogP contribution in [0.2, 0.25) is 5.02 Å². The summed E-state index contributed by atoms with van der Waals surface area (Å²) < 4.78 is 0. The zero-order valence-electron chi connectivity index (χ0n) is 18.1. The zero-order valence-corrected chi connectivity index (χ0v) is 19.7. The van der Waals surface area contributed by atoms with Gasteiger partial charge in [-0.1, -0.05) is 41.9 Å². The number of carbonyl (C=O) groups is 2. The molecule has 2 fully saturated rings. The van der Waals surface area contributed by atoms with Gasteiger partial charge in [-0.25, -0.2) is 9.96 Å². The average molecular weight is 490 g/mol. The Labute approximate surface area is 205 Å². The molecule has 2 saturated heterocycles. The number of nitrogens with zero attached hydrogens (tertiary/aromatic N) is 3. The molecule has 3 aliphatic rings. The summed E-state index contributed by atoms with van der Waals surface area (Å²) in [5, 5.41) is 12.6. The van der Waals surface area contributed by atoms with Crippen LogP contribution in [-0.4, -0.2) is 17.9 Å². The Morgan fingerprint density at radius 2 is 1.74 bits per heavy atom. The molecule has 6 nitrogen and oxygen atoms in total. The molecule has 2 amide bonds. The van der Waals surface area contributed by atoms with Crippen molar-refractivity contribution in [1.82, 2.24) is 0 Å². The Morgan fingerprint density at radius 1 is 1.00 bits per heavy atom. The van der Waals surface area contributed by atoms with Gasteiger partial charge in [-0.15, -0.1) is 11.3 Å². The van der Waals surface area contributed by atoms with E-state index in [1.807, 2.05) is 42.5 Å². The van der Waals surface area contributed by atoms with Crippen molar-refractivity contribution in [3.63, 3.8) is 0 Å². The Hall–Kier alpha value is -3.18. The topological polar surface area (TPSA) is 73.6 Å². The predicted molar refractivity (Wildman–Crippen MR) is 130 cm³/mol. The Morgan fingerprint density at radius 3 is 2.47 bits per heavy atom. The quantitative estimate of drug-likeness (QED) is 0.472. The molecule has 0 saturated carbocycles. The predicted octanol–water partition coefficient (Wildman–Crippen LogP) is 5.20. The first-order valence-corrected chi connectivity index (χ1v) is 12.5. The molecular weight excluding hydrogens is 470 g/mol. The number of anilines is 2. The monoisotopic (exact) mass is 489 g/mol. The van der Waals surface area contributed by atoms with Crippen LogP contribution in [0.1, 0.15) is 40.5 Å². The van der Waals surface area contributed by atoms with Gasteiger partial charge in [0, 0.05) is 9.90 Å². The van der Waals surface area contributed by atoms with E-state index in [4.69, 9.17) is 16.4 Å². The van der Waals surface area contributed by atoms with Crippen LogP contribution in [0.25, 0.3) is 0 Å². The van der Waals surface area contributed by atoms with E-state index in [1.165, 1.54) is 16.2 Å². The van der Waals surface area contributed by atoms with Crippen molar-refractivity contribution in [1.29, 1.82) is 5.26 Å². The summed E-state index contributed by atoms with van der Waals surface area (Å²) in [6, 6.07) is 18.5. The SMILES string of the molecule is N#Cc1c(N2C(=O)[C@@H]3[C@H](ON(c4ccc(Cl)cc4)[C@@H]3c3ccccc3)C2=O)sc2c1CCCC2. The summed E-state index contributed by atoms with van der Waals surface area (Å²) in [4.78, 5) is 36.0. The van der Waals surface area contributed by atoms with E-state index in [9.17, 15) is 14.9 Å². The molecule has 6 rings (SSSR count). The van der Waals surface area contributed by atoms with Gasteiger partial charge in [0.05, 0.1) is 17.3 Å². The van der Waals surface area contributed by atoms with Gasteiger partial charge in [0.2, 0.25) is 5.91 Å². The van der Waals surface area contributed by atoms with Crippen molar-refractivity contribution < 1.29 is 14.4 Å².